The molecule has 4 heteroatoms. The van der Waals surface area contributed by atoms with Crippen LogP contribution >= 0.6 is 0 Å². The average Bonchev–Trinajstić information content (AvgIpc) is 2.63. The maximum atomic E-state index is 13.0. The van der Waals surface area contributed by atoms with Crippen molar-refractivity contribution >= 4 is 5.91 Å². The summed E-state index contributed by atoms with van der Waals surface area (Å²) < 4.78 is 0. The molecule has 1 N–H and O–H groups in total. The quantitative estimate of drug-likeness (QED) is 0.901. The minimum Gasteiger partial charge on any atom is -0.342 e. The van der Waals surface area contributed by atoms with Crippen LogP contribution in [0.5, 0.6) is 0 Å². The smallest absolute Gasteiger partial charge is 0.226 e. The van der Waals surface area contributed by atoms with Crippen molar-refractivity contribution in [3.05, 3.63) is 35.9 Å². The molecule has 1 amide bonds. The molecule has 2 atom stereocenters. The number of nitrogens with zero attached hydrogens (tertiary/aromatic N) is 2. The van der Waals surface area contributed by atoms with Crippen LogP contribution in [-0.2, 0) is 11.3 Å². The summed E-state index contributed by atoms with van der Waals surface area (Å²) in [6.45, 7) is 5.91. The van der Waals surface area contributed by atoms with Crippen molar-refractivity contribution in [1.82, 2.24) is 15.1 Å². The van der Waals surface area contributed by atoms with Gasteiger partial charge in [0, 0.05) is 26.2 Å². The van der Waals surface area contributed by atoms with Gasteiger partial charge in [0.25, 0.3) is 0 Å². The van der Waals surface area contributed by atoms with Crippen LogP contribution in [0.4, 0.5) is 0 Å². The highest BCUT2D eigenvalue weighted by Gasteiger charge is 2.31. The number of piperidine rings is 2. The topological polar surface area (TPSA) is 35.6 Å². The molecule has 1 aromatic carbocycles. The van der Waals surface area contributed by atoms with Gasteiger partial charge in [-0.05, 0) is 57.3 Å². The Morgan fingerprint density at radius 1 is 1.12 bits per heavy atom. The van der Waals surface area contributed by atoms with Gasteiger partial charge in [-0.1, -0.05) is 30.3 Å². The first-order valence-corrected chi connectivity index (χ1v) is 9.46. The fourth-order valence-electron chi connectivity index (χ4n) is 4.22. The van der Waals surface area contributed by atoms with Gasteiger partial charge in [-0.15, -0.1) is 0 Å². The molecule has 2 fully saturated rings. The zero-order valence-electron chi connectivity index (χ0n) is 14.9. The van der Waals surface area contributed by atoms with Gasteiger partial charge >= 0.3 is 0 Å². The number of benzene rings is 1. The molecule has 3 rings (SSSR count). The Hall–Kier alpha value is -1.39. The Kier molecular flexibility index (Phi) is 6.27. The maximum absolute atomic E-state index is 13.0. The number of carbonyl (C=O) groups is 1. The molecule has 2 saturated heterocycles. The number of amides is 1. The van der Waals surface area contributed by atoms with E-state index in [2.05, 4.69) is 45.4 Å². The van der Waals surface area contributed by atoms with E-state index in [4.69, 9.17) is 0 Å². The Labute approximate surface area is 146 Å². The molecule has 2 heterocycles. The molecule has 4 nitrogen and oxygen atoms in total. The Balaban J connectivity index is 1.54. The van der Waals surface area contributed by atoms with Crippen molar-refractivity contribution in [2.75, 3.05) is 39.8 Å². The third kappa shape index (κ3) is 4.58. The largest absolute Gasteiger partial charge is 0.342 e. The first kappa shape index (κ1) is 17.4. The Morgan fingerprint density at radius 3 is 2.71 bits per heavy atom. The van der Waals surface area contributed by atoms with Gasteiger partial charge in [0.05, 0.1) is 5.92 Å². The van der Waals surface area contributed by atoms with Crippen LogP contribution in [0.25, 0.3) is 0 Å². The first-order chi connectivity index (χ1) is 11.8. The number of hydrogen-bond donors (Lipinski definition) is 1. The van der Waals surface area contributed by atoms with E-state index in [1.54, 1.807) is 0 Å². The number of rotatable bonds is 5. The van der Waals surface area contributed by atoms with Crippen molar-refractivity contribution in [1.29, 1.82) is 0 Å². The molecule has 24 heavy (non-hydrogen) atoms. The average molecular weight is 329 g/mol. The minimum atomic E-state index is 0.191. The second kappa shape index (κ2) is 8.63. The summed E-state index contributed by atoms with van der Waals surface area (Å²) in [5, 5.41) is 3.26. The molecule has 0 radical (unpaired) electrons. The SMILES string of the molecule is CNCC1CCCN(C(=O)C2CCCN(Cc3ccccc3)C2)C1. The first-order valence-electron chi connectivity index (χ1n) is 9.46. The van der Waals surface area contributed by atoms with E-state index in [1.165, 1.54) is 12.0 Å². The van der Waals surface area contributed by atoms with Crippen LogP contribution in [0.3, 0.4) is 0 Å². The molecule has 0 saturated carbocycles. The number of likely N-dealkylation sites (tertiary alicyclic amines) is 2. The monoisotopic (exact) mass is 329 g/mol. The van der Waals surface area contributed by atoms with E-state index in [0.717, 1.165) is 58.5 Å². The molecule has 0 aliphatic carbocycles. The lowest BCUT2D eigenvalue weighted by Gasteiger charge is -2.38. The number of hydrogen-bond acceptors (Lipinski definition) is 3. The van der Waals surface area contributed by atoms with Crippen LogP contribution in [-0.4, -0.2) is 55.5 Å². The fourth-order valence-corrected chi connectivity index (χ4v) is 4.22. The highest BCUT2D eigenvalue weighted by atomic mass is 16.2. The summed E-state index contributed by atoms with van der Waals surface area (Å²) in [6.07, 6.45) is 4.59. The summed E-state index contributed by atoms with van der Waals surface area (Å²) in [4.78, 5) is 17.6. The van der Waals surface area contributed by atoms with E-state index >= 15 is 0 Å². The molecule has 2 aliphatic rings. The maximum Gasteiger partial charge on any atom is 0.226 e. The molecular formula is C20H31N3O. The second-order valence-electron chi connectivity index (χ2n) is 7.41. The number of carbonyl (C=O) groups excluding carboxylic acids is 1. The van der Waals surface area contributed by atoms with Crippen molar-refractivity contribution in [2.24, 2.45) is 11.8 Å². The van der Waals surface area contributed by atoms with Gasteiger partial charge in [-0.25, -0.2) is 0 Å². The van der Waals surface area contributed by atoms with E-state index in [-0.39, 0.29) is 5.92 Å². The summed E-state index contributed by atoms with van der Waals surface area (Å²) in [5.74, 6) is 1.21. The van der Waals surface area contributed by atoms with E-state index in [1.807, 2.05) is 7.05 Å². The van der Waals surface area contributed by atoms with Crippen LogP contribution in [0.1, 0.15) is 31.2 Å². The van der Waals surface area contributed by atoms with Crippen LogP contribution in [0, 0.1) is 11.8 Å². The van der Waals surface area contributed by atoms with Crippen molar-refractivity contribution in [3.8, 4) is 0 Å². The molecule has 1 aromatic rings. The lowest BCUT2D eigenvalue weighted by molar-refractivity contribution is -0.139. The zero-order valence-corrected chi connectivity index (χ0v) is 14.9. The summed E-state index contributed by atoms with van der Waals surface area (Å²) in [6, 6.07) is 10.6. The van der Waals surface area contributed by atoms with Crippen LogP contribution in [0.15, 0.2) is 30.3 Å². The van der Waals surface area contributed by atoms with Gasteiger partial charge in [0.15, 0.2) is 0 Å². The molecule has 0 aromatic heterocycles. The standard InChI is InChI=1S/C20H31N3O/c1-21-13-18-9-5-12-23(15-18)20(24)19-10-6-11-22(16-19)14-17-7-3-2-4-8-17/h2-4,7-8,18-19,21H,5-6,9-16H2,1H3. The minimum absolute atomic E-state index is 0.191. The summed E-state index contributed by atoms with van der Waals surface area (Å²) >= 11 is 0. The second-order valence-corrected chi connectivity index (χ2v) is 7.41. The summed E-state index contributed by atoms with van der Waals surface area (Å²) in [7, 11) is 2.00. The van der Waals surface area contributed by atoms with Crippen LogP contribution < -0.4 is 5.32 Å². The van der Waals surface area contributed by atoms with Gasteiger partial charge in [0.1, 0.15) is 0 Å². The van der Waals surface area contributed by atoms with Crippen molar-refractivity contribution in [3.63, 3.8) is 0 Å². The van der Waals surface area contributed by atoms with E-state index in [9.17, 15) is 4.79 Å². The predicted molar refractivity (Wildman–Crippen MR) is 97.7 cm³/mol. The van der Waals surface area contributed by atoms with E-state index < -0.39 is 0 Å². The highest BCUT2D eigenvalue weighted by molar-refractivity contribution is 5.79. The van der Waals surface area contributed by atoms with Crippen molar-refractivity contribution in [2.45, 2.75) is 32.2 Å². The van der Waals surface area contributed by atoms with Crippen molar-refractivity contribution < 1.29 is 4.79 Å². The molecular weight excluding hydrogens is 298 g/mol. The Bertz CT molecular complexity index is 517. The van der Waals surface area contributed by atoms with Gasteiger partial charge in [-0.2, -0.15) is 0 Å². The lowest BCUT2D eigenvalue weighted by Crippen LogP contribution is -2.48. The Morgan fingerprint density at radius 2 is 1.92 bits per heavy atom. The third-order valence-electron chi connectivity index (χ3n) is 5.43. The van der Waals surface area contributed by atoms with Gasteiger partial charge in [-0.3, -0.25) is 9.69 Å². The normalized spacial score (nSPS) is 25.6. The number of nitrogens with one attached hydrogen (secondary N) is 1. The predicted octanol–water partition coefficient (Wildman–Crippen LogP) is 2.36. The molecule has 132 valence electrons. The molecule has 2 aliphatic heterocycles. The molecule has 0 spiro atoms. The lowest BCUT2D eigenvalue weighted by atomic mass is 9.92. The fraction of sp³-hybridized carbons (Fsp3) is 0.650. The third-order valence-corrected chi connectivity index (χ3v) is 5.43. The molecule has 2 unspecified atom stereocenters. The highest BCUT2D eigenvalue weighted by Crippen LogP contribution is 2.24. The van der Waals surface area contributed by atoms with E-state index in [0.29, 0.717) is 11.8 Å². The van der Waals surface area contributed by atoms with Crippen LogP contribution in [0.2, 0.25) is 0 Å². The van der Waals surface area contributed by atoms with Gasteiger partial charge < -0.3 is 10.2 Å². The molecule has 0 bridgehead atoms. The van der Waals surface area contributed by atoms with Gasteiger partial charge in [0.2, 0.25) is 5.91 Å². The zero-order chi connectivity index (χ0) is 16.8. The summed E-state index contributed by atoms with van der Waals surface area (Å²) in [5.41, 5.74) is 1.35.